The third-order valence-corrected chi connectivity index (χ3v) is 6.53. The van der Waals surface area contributed by atoms with Gasteiger partial charge in [0.2, 0.25) is 0 Å². The Morgan fingerprint density at radius 1 is 0.727 bits per heavy atom. The molecule has 1 aliphatic carbocycles. The van der Waals surface area contributed by atoms with E-state index in [1.165, 1.54) is 0 Å². The molecule has 8 atom stereocenters. The van der Waals surface area contributed by atoms with E-state index in [2.05, 4.69) is 13.8 Å². The zero-order valence-corrected chi connectivity index (χ0v) is 20.6. The van der Waals surface area contributed by atoms with Crippen molar-refractivity contribution in [1.29, 1.82) is 0 Å². The normalized spacial score (nSPS) is 30.8. The highest BCUT2D eigenvalue weighted by Gasteiger charge is 2.51. The lowest BCUT2D eigenvalue weighted by molar-refractivity contribution is -0.220. The summed E-state index contributed by atoms with van der Waals surface area (Å²) in [5.41, 5.74) is 0. The van der Waals surface area contributed by atoms with Crippen molar-refractivity contribution in [1.82, 2.24) is 0 Å². The van der Waals surface area contributed by atoms with Crippen molar-refractivity contribution in [3.8, 4) is 0 Å². The molecule has 0 aromatic heterocycles. The number of phosphoric acid groups is 1. The average molecular weight is 503 g/mol. The molecule has 1 aliphatic rings. The van der Waals surface area contributed by atoms with Crippen LogP contribution in [0.2, 0.25) is 0 Å². The summed E-state index contributed by atoms with van der Waals surface area (Å²) in [5.74, 6) is 0. The fourth-order valence-corrected chi connectivity index (χ4v) is 4.42. The van der Waals surface area contributed by atoms with Crippen LogP contribution >= 0.6 is 7.82 Å². The van der Waals surface area contributed by atoms with E-state index < -0.39 is 50.6 Å². The molecule has 0 saturated heterocycles. The molecule has 1 fully saturated rings. The average Bonchev–Trinajstić information content (AvgIpc) is 2.79. The van der Waals surface area contributed by atoms with E-state index in [-0.39, 0.29) is 13.2 Å². The number of hydrogen-bond donors (Lipinski definition) is 6. The molecule has 1 rings (SSSR count). The molecule has 3 unspecified atom stereocenters. The van der Waals surface area contributed by atoms with Gasteiger partial charge in [0.1, 0.15) is 42.7 Å². The second kappa shape index (κ2) is 16.5. The van der Waals surface area contributed by atoms with Crippen LogP contribution in [0, 0.1) is 0 Å². The minimum Gasteiger partial charge on any atom is -0.387 e. The summed E-state index contributed by atoms with van der Waals surface area (Å²) in [6, 6.07) is 0. The Bertz CT molecular complexity index is 536. The van der Waals surface area contributed by atoms with E-state index in [0.717, 1.165) is 51.4 Å². The van der Waals surface area contributed by atoms with E-state index in [4.69, 9.17) is 18.5 Å². The minimum absolute atomic E-state index is 0.151. The number of rotatable bonds is 18. The van der Waals surface area contributed by atoms with E-state index in [1.807, 2.05) is 0 Å². The smallest absolute Gasteiger partial charge is 0.387 e. The van der Waals surface area contributed by atoms with Gasteiger partial charge in [-0.25, -0.2) is 4.57 Å². The number of unbranched alkanes of at least 4 members (excludes halogenated alkanes) is 6. The van der Waals surface area contributed by atoms with Crippen molar-refractivity contribution in [2.75, 3.05) is 26.4 Å². The molecular formula is C21H43O11P. The summed E-state index contributed by atoms with van der Waals surface area (Å²) in [5, 5.41) is 49.1. The largest absolute Gasteiger partial charge is 0.472 e. The van der Waals surface area contributed by atoms with Crippen molar-refractivity contribution in [3.05, 3.63) is 0 Å². The van der Waals surface area contributed by atoms with Gasteiger partial charge in [0.05, 0.1) is 13.2 Å². The van der Waals surface area contributed by atoms with Crippen molar-refractivity contribution >= 4 is 7.82 Å². The Kier molecular flexibility index (Phi) is 15.4. The topological polar surface area (TPSA) is 175 Å². The van der Waals surface area contributed by atoms with Gasteiger partial charge in [0.25, 0.3) is 0 Å². The maximum atomic E-state index is 12.4. The van der Waals surface area contributed by atoms with Crippen molar-refractivity contribution in [3.63, 3.8) is 0 Å². The van der Waals surface area contributed by atoms with Crippen LogP contribution < -0.4 is 0 Å². The molecule has 6 N–H and O–H groups in total. The second-order valence-corrected chi connectivity index (χ2v) is 9.88. The van der Waals surface area contributed by atoms with Crippen molar-refractivity contribution in [2.24, 2.45) is 0 Å². The lowest BCUT2D eigenvalue weighted by atomic mass is 9.85. The molecule has 33 heavy (non-hydrogen) atoms. The molecule has 0 aromatic rings. The summed E-state index contributed by atoms with van der Waals surface area (Å²) in [4.78, 5) is 10.1. The van der Waals surface area contributed by atoms with Gasteiger partial charge in [-0.2, -0.15) is 0 Å². The van der Waals surface area contributed by atoms with Gasteiger partial charge in [-0.05, 0) is 12.8 Å². The fourth-order valence-electron chi connectivity index (χ4n) is 3.45. The predicted molar refractivity (Wildman–Crippen MR) is 120 cm³/mol. The fraction of sp³-hybridized carbons (Fsp3) is 1.00. The van der Waals surface area contributed by atoms with Crippen LogP contribution in [0.1, 0.15) is 65.2 Å². The van der Waals surface area contributed by atoms with Gasteiger partial charge < -0.3 is 39.9 Å². The maximum absolute atomic E-state index is 12.4. The van der Waals surface area contributed by atoms with E-state index in [9.17, 15) is 35.0 Å². The highest BCUT2D eigenvalue weighted by atomic mass is 31.2. The van der Waals surface area contributed by atoms with Gasteiger partial charge in [0.15, 0.2) is 0 Å². The van der Waals surface area contributed by atoms with Crippen LogP contribution in [-0.4, -0.2) is 99.6 Å². The van der Waals surface area contributed by atoms with Gasteiger partial charge in [-0.1, -0.05) is 52.4 Å². The molecule has 0 heterocycles. The predicted octanol–water partition coefficient (Wildman–Crippen LogP) is 0.869. The molecule has 0 radical (unpaired) electrons. The number of ether oxygens (including phenoxy) is 2. The van der Waals surface area contributed by atoms with E-state index in [0.29, 0.717) is 13.2 Å². The summed E-state index contributed by atoms with van der Waals surface area (Å²) in [6.45, 7) is 4.98. The van der Waals surface area contributed by atoms with E-state index >= 15 is 0 Å². The Morgan fingerprint density at radius 3 is 1.79 bits per heavy atom. The molecule has 0 spiro atoms. The second-order valence-electron chi connectivity index (χ2n) is 8.48. The zero-order chi connectivity index (χ0) is 24.9. The van der Waals surface area contributed by atoms with Crippen LogP contribution in [-0.2, 0) is 23.1 Å². The molecule has 0 aromatic carbocycles. The minimum atomic E-state index is -4.83. The summed E-state index contributed by atoms with van der Waals surface area (Å²) in [6.07, 6.45) is -3.76. The monoisotopic (exact) mass is 502 g/mol. The summed E-state index contributed by atoms with van der Waals surface area (Å²) < 4.78 is 33.6. The molecule has 11 nitrogen and oxygen atoms in total. The third-order valence-electron chi connectivity index (χ3n) is 5.55. The maximum Gasteiger partial charge on any atom is 0.472 e. The van der Waals surface area contributed by atoms with Crippen molar-refractivity contribution < 1.29 is 53.5 Å². The highest BCUT2D eigenvalue weighted by molar-refractivity contribution is 7.47. The number of aliphatic hydroxyl groups is 5. The molecule has 0 aliphatic heterocycles. The molecule has 12 heteroatoms. The standard InChI is InChI=1S/C21H43O11P/c1-3-5-7-9-11-29-13-15(30-12-10-8-6-4-2)14-31-33(27,28)32-21-19(25)17(23)16(22)18(24)20(21)26/h15-26H,3-14H2,1-2H3,(H,27,28)/t15-,16?,17-,18+,19-,20-,21?/m1/s1. The lowest BCUT2D eigenvalue weighted by Crippen LogP contribution is -2.64. The quantitative estimate of drug-likeness (QED) is 0.116. The first kappa shape index (κ1) is 30.9. The van der Waals surface area contributed by atoms with Crippen LogP contribution in [0.25, 0.3) is 0 Å². The van der Waals surface area contributed by atoms with Gasteiger partial charge in [-0.3, -0.25) is 9.05 Å². The number of aliphatic hydroxyl groups excluding tert-OH is 5. The molecule has 198 valence electrons. The first-order chi connectivity index (χ1) is 15.6. The first-order valence-corrected chi connectivity index (χ1v) is 13.4. The van der Waals surface area contributed by atoms with Gasteiger partial charge in [-0.15, -0.1) is 0 Å². The molecule has 1 saturated carbocycles. The molecular weight excluding hydrogens is 459 g/mol. The summed E-state index contributed by atoms with van der Waals surface area (Å²) >= 11 is 0. The third kappa shape index (κ3) is 11.4. The Labute approximate surface area is 196 Å². The van der Waals surface area contributed by atoms with E-state index in [1.54, 1.807) is 0 Å². The highest BCUT2D eigenvalue weighted by Crippen LogP contribution is 2.47. The van der Waals surface area contributed by atoms with Gasteiger partial charge >= 0.3 is 7.82 Å². The molecule has 0 amide bonds. The van der Waals surface area contributed by atoms with Gasteiger partial charge in [0, 0.05) is 13.2 Å². The SMILES string of the molecule is CCCCCCOC[C@H](COP(=O)(O)OC1[C@H](O)[C@H](O)C(O)[C@H](O)[C@H]1O)OCCCCCC. The molecule has 0 bridgehead atoms. The van der Waals surface area contributed by atoms with Crippen LogP contribution in [0.3, 0.4) is 0 Å². The first-order valence-electron chi connectivity index (χ1n) is 11.9. The Hall–Kier alpha value is -0.170. The number of hydrogen-bond acceptors (Lipinski definition) is 10. The Morgan fingerprint density at radius 2 is 1.24 bits per heavy atom. The zero-order valence-electron chi connectivity index (χ0n) is 19.7. The number of phosphoric ester groups is 1. The Balaban J connectivity index is 2.58. The van der Waals surface area contributed by atoms with Crippen LogP contribution in [0.15, 0.2) is 0 Å². The van der Waals surface area contributed by atoms with Crippen molar-refractivity contribution in [2.45, 2.75) is 108 Å². The summed E-state index contributed by atoms with van der Waals surface area (Å²) in [7, 11) is -4.83. The lowest BCUT2D eigenvalue weighted by Gasteiger charge is -2.41. The van der Waals surface area contributed by atoms with Crippen LogP contribution in [0.4, 0.5) is 0 Å². The van der Waals surface area contributed by atoms with Crippen LogP contribution in [0.5, 0.6) is 0 Å².